The van der Waals surface area contributed by atoms with E-state index in [9.17, 15) is 9.18 Å². The van der Waals surface area contributed by atoms with Crippen molar-refractivity contribution in [3.05, 3.63) is 83.2 Å². The van der Waals surface area contributed by atoms with Crippen molar-refractivity contribution < 1.29 is 13.9 Å². The Labute approximate surface area is 155 Å². The first-order valence-electron chi connectivity index (χ1n) is 7.94. The van der Waals surface area contributed by atoms with Crippen LogP contribution in [0.3, 0.4) is 0 Å². The van der Waals surface area contributed by atoms with Crippen LogP contribution < -0.4 is 10.1 Å². The third-order valence-corrected chi connectivity index (χ3v) is 4.15. The molecule has 7 heteroatoms. The van der Waals surface area contributed by atoms with Gasteiger partial charge in [0.05, 0.1) is 5.02 Å². The molecule has 0 aliphatic rings. The third kappa shape index (κ3) is 4.03. The molecule has 2 aromatic carbocycles. The molecule has 0 fully saturated rings. The Morgan fingerprint density at radius 2 is 2.00 bits per heavy atom. The van der Waals surface area contributed by atoms with Gasteiger partial charge in [0, 0.05) is 25.0 Å². The largest absolute Gasteiger partial charge is 0.482 e. The molecule has 5 nitrogen and oxygen atoms in total. The highest BCUT2D eigenvalue weighted by molar-refractivity contribution is 6.32. The van der Waals surface area contributed by atoms with Crippen molar-refractivity contribution in [3.63, 3.8) is 0 Å². The molecular formula is C19H17ClFN3O2. The zero-order valence-corrected chi connectivity index (χ0v) is 14.8. The molecule has 1 aromatic heterocycles. The molecule has 0 bridgehead atoms. The van der Waals surface area contributed by atoms with Crippen LogP contribution in [0.15, 0.2) is 60.9 Å². The van der Waals surface area contributed by atoms with E-state index in [0.29, 0.717) is 22.2 Å². The monoisotopic (exact) mass is 373 g/mol. The zero-order valence-electron chi connectivity index (χ0n) is 14.0. The first-order valence-corrected chi connectivity index (χ1v) is 8.32. The van der Waals surface area contributed by atoms with Crippen LogP contribution in [0.2, 0.25) is 5.02 Å². The van der Waals surface area contributed by atoms with Crippen molar-refractivity contribution in [1.29, 1.82) is 0 Å². The van der Waals surface area contributed by atoms with Crippen LogP contribution in [0.1, 0.15) is 17.4 Å². The summed E-state index contributed by atoms with van der Waals surface area (Å²) in [5, 5.41) is 3.19. The van der Waals surface area contributed by atoms with Gasteiger partial charge in [-0.05, 0) is 18.2 Å². The number of aryl methyl sites for hydroxylation is 1. The molecule has 0 saturated carbocycles. The molecule has 0 spiro atoms. The first kappa shape index (κ1) is 17.9. The number of ether oxygens (including phenoxy) is 1. The van der Waals surface area contributed by atoms with E-state index >= 15 is 0 Å². The standard InChI is InChI=1S/C19H17ClFN3O2/c1-24-11-10-22-19(24)18(13-6-2-4-8-15(13)21)23-17(25)12-26-16-9-5-3-7-14(16)20/h2-11,18H,12H2,1H3,(H,23,25)/t18-/m0/s1. The van der Waals surface area contributed by atoms with Gasteiger partial charge in [0.1, 0.15) is 23.4 Å². The number of hydrogen-bond donors (Lipinski definition) is 1. The van der Waals surface area contributed by atoms with E-state index in [2.05, 4.69) is 10.3 Å². The van der Waals surface area contributed by atoms with Gasteiger partial charge < -0.3 is 14.6 Å². The number of rotatable bonds is 6. The summed E-state index contributed by atoms with van der Waals surface area (Å²) in [5.41, 5.74) is 0.327. The number of aromatic nitrogens is 2. The summed E-state index contributed by atoms with van der Waals surface area (Å²) in [5.74, 6) is 0.0824. The van der Waals surface area contributed by atoms with Gasteiger partial charge in [-0.1, -0.05) is 41.9 Å². The second kappa shape index (κ2) is 8.01. The molecule has 0 unspecified atom stereocenters. The fourth-order valence-corrected chi connectivity index (χ4v) is 2.74. The number of nitrogens with one attached hydrogen (secondary N) is 1. The van der Waals surface area contributed by atoms with E-state index in [0.717, 1.165) is 0 Å². The molecule has 1 heterocycles. The summed E-state index contributed by atoms with van der Waals surface area (Å²) in [4.78, 5) is 16.6. The van der Waals surface area contributed by atoms with Gasteiger partial charge in [0.2, 0.25) is 0 Å². The van der Waals surface area contributed by atoms with Crippen molar-refractivity contribution in [3.8, 4) is 5.75 Å². The summed E-state index contributed by atoms with van der Waals surface area (Å²) in [7, 11) is 1.78. The van der Waals surface area contributed by atoms with Crippen molar-refractivity contribution in [2.45, 2.75) is 6.04 Å². The third-order valence-electron chi connectivity index (χ3n) is 3.83. The lowest BCUT2D eigenvalue weighted by molar-refractivity contribution is -0.123. The number of nitrogens with zero attached hydrogens (tertiary/aromatic N) is 2. The lowest BCUT2D eigenvalue weighted by Gasteiger charge is -2.20. The smallest absolute Gasteiger partial charge is 0.258 e. The lowest BCUT2D eigenvalue weighted by Crippen LogP contribution is -2.35. The van der Waals surface area contributed by atoms with Crippen LogP contribution in [-0.2, 0) is 11.8 Å². The highest BCUT2D eigenvalue weighted by Crippen LogP contribution is 2.24. The zero-order chi connectivity index (χ0) is 18.5. The lowest BCUT2D eigenvalue weighted by atomic mass is 10.1. The van der Waals surface area contributed by atoms with E-state index in [1.54, 1.807) is 66.5 Å². The number of amides is 1. The summed E-state index contributed by atoms with van der Waals surface area (Å²) in [6, 6.07) is 12.4. The van der Waals surface area contributed by atoms with Crippen LogP contribution >= 0.6 is 11.6 Å². The van der Waals surface area contributed by atoms with Crippen molar-refractivity contribution in [2.75, 3.05) is 6.61 Å². The van der Waals surface area contributed by atoms with E-state index in [1.165, 1.54) is 6.07 Å². The van der Waals surface area contributed by atoms with Crippen molar-refractivity contribution >= 4 is 17.5 Å². The fraction of sp³-hybridized carbons (Fsp3) is 0.158. The maximum Gasteiger partial charge on any atom is 0.258 e. The van der Waals surface area contributed by atoms with Crippen molar-refractivity contribution in [1.82, 2.24) is 14.9 Å². The van der Waals surface area contributed by atoms with Gasteiger partial charge in [-0.2, -0.15) is 0 Å². The average Bonchev–Trinajstić information content (AvgIpc) is 3.05. The van der Waals surface area contributed by atoms with Crippen LogP contribution in [0, 0.1) is 5.82 Å². The van der Waals surface area contributed by atoms with Gasteiger partial charge in [-0.3, -0.25) is 4.79 Å². The van der Waals surface area contributed by atoms with Gasteiger partial charge in [-0.25, -0.2) is 9.37 Å². The number of carbonyl (C=O) groups is 1. The Balaban J connectivity index is 1.78. The Hall–Kier alpha value is -2.86. The average molecular weight is 374 g/mol. The van der Waals surface area contributed by atoms with Crippen LogP contribution in [0.25, 0.3) is 0 Å². The minimum Gasteiger partial charge on any atom is -0.482 e. The van der Waals surface area contributed by atoms with Crippen LogP contribution in [0.4, 0.5) is 4.39 Å². The highest BCUT2D eigenvalue weighted by Gasteiger charge is 2.23. The SMILES string of the molecule is Cn1ccnc1[C@@H](NC(=O)COc1ccccc1Cl)c1ccccc1F. The number of imidazole rings is 1. The highest BCUT2D eigenvalue weighted by atomic mass is 35.5. The normalized spacial score (nSPS) is 11.8. The topological polar surface area (TPSA) is 56.2 Å². The van der Waals surface area contributed by atoms with E-state index in [1.807, 2.05) is 0 Å². The van der Waals surface area contributed by atoms with Gasteiger partial charge >= 0.3 is 0 Å². The summed E-state index contributed by atoms with van der Waals surface area (Å²) < 4.78 is 21.5. The predicted octanol–water partition coefficient (Wildman–Crippen LogP) is 3.50. The molecule has 3 rings (SSSR count). The molecule has 0 aliphatic heterocycles. The minimum atomic E-state index is -0.737. The molecule has 3 aromatic rings. The molecule has 134 valence electrons. The maximum absolute atomic E-state index is 14.3. The second-order valence-electron chi connectivity index (χ2n) is 5.64. The number of halogens is 2. The number of carbonyl (C=O) groups excluding carboxylic acids is 1. The van der Waals surface area contributed by atoms with Crippen LogP contribution in [0.5, 0.6) is 5.75 Å². The van der Waals surface area contributed by atoms with Crippen molar-refractivity contribution in [2.24, 2.45) is 7.05 Å². The molecule has 0 aliphatic carbocycles. The number of para-hydroxylation sites is 1. The number of hydrogen-bond acceptors (Lipinski definition) is 3. The minimum absolute atomic E-state index is 0.251. The molecular weight excluding hydrogens is 357 g/mol. The Morgan fingerprint density at radius 3 is 2.69 bits per heavy atom. The summed E-state index contributed by atoms with van der Waals surface area (Å²) in [6.45, 7) is -0.251. The molecule has 1 N–H and O–H groups in total. The quantitative estimate of drug-likeness (QED) is 0.719. The predicted molar refractivity (Wildman–Crippen MR) is 96.5 cm³/mol. The molecule has 0 radical (unpaired) electrons. The fourth-order valence-electron chi connectivity index (χ4n) is 2.55. The van der Waals surface area contributed by atoms with E-state index in [-0.39, 0.29) is 6.61 Å². The first-order chi connectivity index (χ1) is 12.6. The molecule has 1 atom stereocenters. The van der Waals surface area contributed by atoms with Crippen LogP contribution in [-0.4, -0.2) is 22.1 Å². The Kier molecular flexibility index (Phi) is 5.53. The van der Waals surface area contributed by atoms with Gasteiger partial charge in [0.15, 0.2) is 6.61 Å². The number of benzene rings is 2. The second-order valence-corrected chi connectivity index (χ2v) is 6.04. The molecule has 0 saturated heterocycles. The maximum atomic E-state index is 14.3. The Morgan fingerprint density at radius 1 is 1.27 bits per heavy atom. The molecule has 1 amide bonds. The van der Waals surface area contributed by atoms with Gasteiger partial charge in [-0.15, -0.1) is 0 Å². The summed E-state index contributed by atoms with van der Waals surface area (Å²) >= 11 is 6.01. The Bertz CT molecular complexity index is 913. The van der Waals surface area contributed by atoms with E-state index in [4.69, 9.17) is 16.3 Å². The summed E-state index contributed by atoms with van der Waals surface area (Å²) in [6.07, 6.45) is 3.32. The molecule has 26 heavy (non-hydrogen) atoms. The van der Waals surface area contributed by atoms with E-state index < -0.39 is 17.8 Å². The van der Waals surface area contributed by atoms with Gasteiger partial charge in [0.25, 0.3) is 5.91 Å².